The topological polar surface area (TPSA) is 60.7 Å². The van der Waals surface area contributed by atoms with E-state index in [1.165, 1.54) is 0 Å². The minimum Gasteiger partial charge on any atom is -0.508 e. The minimum absolute atomic E-state index is 0.175. The van der Waals surface area contributed by atoms with E-state index in [9.17, 15) is 5.11 Å². The fourth-order valence-electron chi connectivity index (χ4n) is 1.42. The number of aliphatic hydroxyl groups is 1. The Labute approximate surface area is 107 Å². The molecule has 3 heteroatoms. The molecule has 0 bridgehead atoms. The number of hydrogen-bond acceptors (Lipinski definition) is 3. The third kappa shape index (κ3) is 5.37. The molecule has 0 atom stereocenters. The molecule has 18 heavy (non-hydrogen) atoms. The molecule has 0 saturated heterocycles. The molecule has 96 valence electrons. The third-order valence-corrected chi connectivity index (χ3v) is 2.35. The van der Waals surface area contributed by atoms with Gasteiger partial charge in [0, 0.05) is 6.61 Å². The van der Waals surface area contributed by atoms with Crippen LogP contribution in [0.2, 0.25) is 0 Å². The zero-order valence-electron chi connectivity index (χ0n) is 10.2. The largest absolute Gasteiger partial charge is 0.508 e. The Balaban J connectivity index is 0.000000199. The van der Waals surface area contributed by atoms with E-state index in [0.717, 1.165) is 12.0 Å². The van der Waals surface area contributed by atoms with Crippen molar-refractivity contribution in [3.8, 4) is 11.5 Å². The van der Waals surface area contributed by atoms with Gasteiger partial charge in [-0.25, -0.2) is 0 Å². The number of phenols is 2. The van der Waals surface area contributed by atoms with Crippen molar-refractivity contribution < 1.29 is 15.3 Å². The summed E-state index contributed by atoms with van der Waals surface area (Å²) in [5.41, 5.74) is 0.904. The summed E-state index contributed by atoms with van der Waals surface area (Å²) in [6.45, 7) is 0.175. The van der Waals surface area contributed by atoms with Crippen molar-refractivity contribution in [1.29, 1.82) is 0 Å². The van der Waals surface area contributed by atoms with Crippen molar-refractivity contribution in [2.24, 2.45) is 0 Å². The van der Waals surface area contributed by atoms with Gasteiger partial charge in [-0.15, -0.1) is 0 Å². The highest BCUT2D eigenvalue weighted by atomic mass is 16.3. The van der Waals surface area contributed by atoms with Gasteiger partial charge in [-0.2, -0.15) is 0 Å². The molecular formula is C15H18O3. The number of aromatic hydroxyl groups is 2. The van der Waals surface area contributed by atoms with Gasteiger partial charge in [0.15, 0.2) is 0 Å². The summed E-state index contributed by atoms with van der Waals surface area (Å²) in [6.07, 6.45) is 1.45. The average Bonchev–Trinajstić information content (AvgIpc) is 2.39. The van der Waals surface area contributed by atoms with Crippen LogP contribution in [-0.4, -0.2) is 21.9 Å². The lowest BCUT2D eigenvalue weighted by Gasteiger charge is -2.00. The minimum atomic E-state index is 0.175. The van der Waals surface area contributed by atoms with Gasteiger partial charge in [0.2, 0.25) is 0 Å². The molecule has 0 spiro atoms. The molecule has 0 heterocycles. The fourth-order valence-corrected chi connectivity index (χ4v) is 1.42. The first-order chi connectivity index (χ1) is 8.74. The second-order valence-electron chi connectivity index (χ2n) is 3.79. The predicted octanol–water partition coefficient (Wildman–Crippen LogP) is 2.71. The van der Waals surface area contributed by atoms with Crippen molar-refractivity contribution >= 4 is 0 Å². The van der Waals surface area contributed by atoms with Crippen LogP contribution in [0.4, 0.5) is 0 Å². The lowest BCUT2D eigenvalue weighted by molar-refractivity contribution is 0.288. The van der Waals surface area contributed by atoms with Gasteiger partial charge in [0.05, 0.1) is 0 Å². The first kappa shape index (κ1) is 14.1. The Kier molecular flexibility index (Phi) is 6.36. The number of phenolic OH excluding ortho intramolecular Hbond substituents is 2. The molecule has 0 unspecified atom stereocenters. The van der Waals surface area contributed by atoms with Gasteiger partial charge in [-0.1, -0.05) is 36.4 Å². The Hall–Kier alpha value is -2.00. The summed E-state index contributed by atoms with van der Waals surface area (Å²) in [5, 5.41) is 26.4. The van der Waals surface area contributed by atoms with Crippen molar-refractivity contribution in [3.05, 3.63) is 60.2 Å². The molecular weight excluding hydrogens is 228 g/mol. The molecule has 0 aliphatic carbocycles. The van der Waals surface area contributed by atoms with E-state index in [4.69, 9.17) is 10.2 Å². The maximum absolute atomic E-state index is 9.26. The summed E-state index contributed by atoms with van der Waals surface area (Å²) in [6, 6.07) is 15.9. The van der Waals surface area contributed by atoms with Gasteiger partial charge < -0.3 is 15.3 Å². The monoisotopic (exact) mass is 246 g/mol. The van der Waals surface area contributed by atoms with Crippen LogP contribution in [-0.2, 0) is 6.42 Å². The molecule has 0 saturated carbocycles. The summed E-state index contributed by atoms with van der Waals surface area (Å²) >= 11 is 0. The summed E-state index contributed by atoms with van der Waals surface area (Å²) in [4.78, 5) is 0. The van der Waals surface area contributed by atoms with Crippen molar-refractivity contribution in [2.75, 3.05) is 6.61 Å². The van der Waals surface area contributed by atoms with Crippen LogP contribution in [0.15, 0.2) is 54.6 Å². The maximum Gasteiger partial charge on any atom is 0.118 e. The standard InChI is InChI=1S/C9H12O2.C6H6O/c10-7-3-5-8-4-1-2-6-9(8)11;7-6-4-2-1-3-5-6/h1-2,4,6,10-11H,3,5,7H2;1-5,7H. The zero-order chi connectivity index (χ0) is 13.2. The van der Waals surface area contributed by atoms with Crippen LogP contribution in [0, 0.1) is 0 Å². The Morgan fingerprint density at radius 2 is 1.39 bits per heavy atom. The second kappa shape index (κ2) is 8.14. The molecule has 2 aromatic rings. The van der Waals surface area contributed by atoms with Gasteiger partial charge in [0.1, 0.15) is 11.5 Å². The fraction of sp³-hybridized carbons (Fsp3) is 0.200. The summed E-state index contributed by atoms with van der Waals surface area (Å²) in [7, 11) is 0. The predicted molar refractivity (Wildman–Crippen MR) is 71.6 cm³/mol. The van der Waals surface area contributed by atoms with Crippen LogP contribution in [0.25, 0.3) is 0 Å². The Morgan fingerprint density at radius 3 is 1.89 bits per heavy atom. The Morgan fingerprint density at radius 1 is 0.778 bits per heavy atom. The number of hydrogen-bond donors (Lipinski definition) is 3. The van der Waals surface area contributed by atoms with Crippen molar-refractivity contribution in [3.63, 3.8) is 0 Å². The number of aryl methyl sites for hydroxylation is 1. The maximum atomic E-state index is 9.26. The van der Waals surface area contributed by atoms with Crippen LogP contribution >= 0.6 is 0 Å². The first-order valence-electron chi connectivity index (χ1n) is 5.86. The van der Waals surface area contributed by atoms with Gasteiger partial charge in [-0.3, -0.25) is 0 Å². The van der Waals surface area contributed by atoms with Gasteiger partial charge in [-0.05, 0) is 36.6 Å². The van der Waals surface area contributed by atoms with Crippen molar-refractivity contribution in [2.45, 2.75) is 12.8 Å². The summed E-state index contributed by atoms with van der Waals surface area (Å²) in [5.74, 6) is 0.642. The van der Waals surface area contributed by atoms with E-state index < -0.39 is 0 Å². The normalized spacial score (nSPS) is 9.39. The molecule has 0 amide bonds. The molecule has 0 aliphatic heterocycles. The van der Waals surface area contributed by atoms with E-state index in [1.807, 2.05) is 18.2 Å². The smallest absolute Gasteiger partial charge is 0.118 e. The van der Waals surface area contributed by atoms with E-state index >= 15 is 0 Å². The molecule has 0 aromatic heterocycles. The number of rotatable bonds is 3. The highest BCUT2D eigenvalue weighted by Gasteiger charge is 1.97. The number of aliphatic hydroxyl groups excluding tert-OH is 1. The van der Waals surface area contributed by atoms with E-state index in [-0.39, 0.29) is 6.61 Å². The molecule has 0 radical (unpaired) electrons. The Bertz CT molecular complexity index is 441. The number of benzene rings is 2. The van der Waals surface area contributed by atoms with Crippen LogP contribution in [0.1, 0.15) is 12.0 Å². The number of para-hydroxylation sites is 2. The SMILES string of the molecule is OCCCc1ccccc1O.Oc1ccccc1. The average molecular weight is 246 g/mol. The van der Waals surface area contributed by atoms with Crippen LogP contribution in [0.3, 0.4) is 0 Å². The molecule has 3 N–H and O–H groups in total. The van der Waals surface area contributed by atoms with E-state index in [2.05, 4.69) is 0 Å². The molecule has 0 fully saturated rings. The lowest BCUT2D eigenvalue weighted by atomic mass is 10.1. The van der Waals surface area contributed by atoms with Crippen molar-refractivity contribution in [1.82, 2.24) is 0 Å². The van der Waals surface area contributed by atoms with E-state index in [1.54, 1.807) is 36.4 Å². The molecule has 0 aliphatic rings. The van der Waals surface area contributed by atoms with Crippen LogP contribution < -0.4 is 0 Å². The second-order valence-corrected chi connectivity index (χ2v) is 3.79. The van der Waals surface area contributed by atoms with Gasteiger partial charge >= 0.3 is 0 Å². The highest BCUT2D eigenvalue weighted by Crippen LogP contribution is 2.16. The lowest BCUT2D eigenvalue weighted by Crippen LogP contribution is -1.89. The zero-order valence-corrected chi connectivity index (χ0v) is 10.2. The molecule has 2 aromatic carbocycles. The summed E-state index contributed by atoms with van der Waals surface area (Å²) < 4.78 is 0. The highest BCUT2D eigenvalue weighted by molar-refractivity contribution is 5.31. The van der Waals surface area contributed by atoms with Gasteiger partial charge in [0.25, 0.3) is 0 Å². The third-order valence-electron chi connectivity index (χ3n) is 2.35. The quantitative estimate of drug-likeness (QED) is 0.780. The molecule has 2 rings (SSSR count). The van der Waals surface area contributed by atoms with E-state index in [0.29, 0.717) is 17.9 Å². The van der Waals surface area contributed by atoms with Crippen LogP contribution in [0.5, 0.6) is 11.5 Å². The molecule has 3 nitrogen and oxygen atoms in total. The first-order valence-corrected chi connectivity index (χ1v) is 5.86.